The van der Waals surface area contributed by atoms with Gasteiger partial charge in [-0.3, -0.25) is 9.59 Å². The first-order valence-corrected chi connectivity index (χ1v) is 9.56. The van der Waals surface area contributed by atoms with Crippen molar-refractivity contribution in [2.75, 3.05) is 33.4 Å². The van der Waals surface area contributed by atoms with Crippen LogP contribution in [0.15, 0.2) is 24.7 Å². The number of nitrogens with zero attached hydrogens (tertiary/aromatic N) is 4. The zero-order valence-corrected chi connectivity index (χ0v) is 15.4. The predicted molar refractivity (Wildman–Crippen MR) is 94.4 cm³/mol. The van der Waals surface area contributed by atoms with Gasteiger partial charge >= 0.3 is 0 Å². The number of hydrogen-bond acceptors (Lipinski definition) is 5. The molecule has 0 aliphatic carbocycles. The summed E-state index contributed by atoms with van der Waals surface area (Å²) in [5, 5.41) is 0. The summed E-state index contributed by atoms with van der Waals surface area (Å²) in [5.74, 6) is -0.834. The van der Waals surface area contributed by atoms with E-state index in [-0.39, 0.29) is 17.9 Å². The van der Waals surface area contributed by atoms with E-state index in [1.165, 1.54) is 0 Å². The highest BCUT2D eigenvalue weighted by atomic mass is 16.5. The zero-order valence-electron chi connectivity index (χ0n) is 15.4. The number of methoxy groups -OCH3 is 1. The lowest BCUT2D eigenvalue weighted by Crippen LogP contribution is -2.46. The molecular formula is C19H24N4O4. The van der Waals surface area contributed by atoms with Gasteiger partial charge in [0.2, 0.25) is 11.8 Å². The van der Waals surface area contributed by atoms with Gasteiger partial charge in [-0.1, -0.05) is 12.2 Å². The molecule has 2 bridgehead atoms. The molecular weight excluding hydrogens is 348 g/mol. The minimum atomic E-state index is -0.649. The van der Waals surface area contributed by atoms with Crippen LogP contribution in [0, 0.1) is 11.8 Å². The van der Waals surface area contributed by atoms with Crippen molar-refractivity contribution in [1.29, 1.82) is 0 Å². The Morgan fingerprint density at radius 2 is 2.33 bits per heavy atom. The number of fused-ring (bicyclic) bond motifs is 2. The van der Waals surface area contributed by atoms with E-state index in [0.717, 1.165) is 18.7 Å². The van der Waals surface area contributed by atoms with Crippen LogP contribution in [0.3, 0.4) is 0 Å². The van der Waals surface area contributed by atoms with Crippen LogP contribution in [0.4, 0.5) is 0 Å². The highest BCUT2D eigenvalue weighted by molar-refractivity contribution is 5.93. The number of carbonyl (C=O) groups excluding carboxylic acids is 2. The molecule has 2 fully saturated rings. The van der Waals surface area contributed by atoms with Crippen molar-refractivity contribution < 1.29 is 19.1 Å². The number of aromatic nitrogens is 2. The molecule has 5 heterocycles. The van der Waals surface area contributed by atoms with Crippen molar-refractivity contribution in [3.8, 4) is 0 Å². The Labute approximate surface area is 157 Å². The van der Waals surface area contributed by atoms with Crippen molar-refractivity contribution in [2.24, 2.45) is 11.8 Å². The standard InChI is InChI=1S/C19H24N4O4/c1-26-8-7-22-11-19-4-3-14(27-19)15(16(19)18(22)25)17(24)21-5-2-6-23-12-20-9-13(23)10-21/h3-4,9,12,14-16H,2,5-8,10-11H2,1H3/t14-,15?,16?,19-/m1/s1. The fourth-order valence-corrected chi connectivity index (χ4v) is 5.04. The number of likely N-dealkylation sites (tertiary alicyclic amines) is 1. The van der Waals surface area contributed by atoms with E-state index >= 15 is 0 Å². The maximum atomic E-state index is 13.5. The third-order valence-electron chi connectivity index (χ3n) is 6.32. The molecule has 0 aromatic carbocycles. The smallest absolute Gasteiger partial charge is 0.230 e. The molecule has 0 saturated carbocycles. The molecule has 4 aliphatic rings. The molecule has 8 heteroatoms. The van der Waals surface area contributed by atoms with E-state index in [1.807, 2.05) is 29.6 Å². The van der Waals surface area contributed by atoms with Crippen LogP contribution in [-0.2, 0) is 32.2 Å². The quantitative estimate of drug-likeness (QED) is 0.698. The van der Waals surface area contributed by atoms with Gasteiger partial charge in [-0.2, -0.15) is 0 Å². The normalized spacial score (nSPS) is 34.1. The maximum Gasteiger partial charge on any atom is 0.230 e. The summed E-state index contributed by atoms with van der Waals surface area (Å²) in [4.78, 5) is 34.4. The number of amides is 2. The highest BCUT2D eigenvalue weighted by Crippen LogP contribution is 2.52. The first-order valence-electron chi connectivity index (χ1n) is 9.56. The lowest BCUT2D eigenvalue weighted by molar-refractivity contribution is -0.143. The van der Waals surface area contributed by atoms with E-state index in [1.54, 1.807) is 12.0 Å². The van der Waals surface area contributed by atoms with Gasteiger partial charge in [0.05, 0.1) is 49.7 Å². The van der Waals surface area contributed by atoms with Crippen LogP contribution in [-0.4, -0.2) is 76.2 Å². The number of rotatable bonds is 4. The van der Waals surface area contributed by atoms with E-state index < -0.39 is 17.4 Å². The molecule has 4 atom stereocenters. The zero-order chi connectivity index (χ0) is 18.6. The molecule has 2 amide bonds. The van der Waals surface area contributed by atoms with Gasteiger partial charge < -0.3 is 23.8 Å². The molecule has 4 aliphatic heterocycles. The van der Waals surface area contributed by atoms with Crippen LogP contribution < -0.4 is 0 Å². The van der Waals surface area contributed by atoms with Crippen molar-refractivity contribution >= 4 is 11.8 Å². The minimum Gasteiger partial charge on any atom is -0.383 e. The van der Waals surface area contributed by atoms with Crippen LogP contribution in [0.25, 0.3) is 0 Å². The maximum absolute atomic E-state index is 13.5. The van der Waals surface area contributed by atoms with Gasteiger partial charge in [-0.15, -0.1) is 0 Å². The van der Waals surface area contributed by atoms with Crippen LogP contribution in [0.1, 0.15) is 12.1 Å². The molecule has 1 spiro atoms. The number of imidazole rings is 1. The van der Waals surface area contributed by atoms with E-state index in [4.69, 9.17) is 9.47 Å². The average molecular weight is 372 g/mol. The Kier molecular flexibility index (Phi) is 3.87. The summed E-state index contributed by atoms with van der Waals surface area (Å²) < 4.78 is 13.4. The van der Waals surface area contributed by atoms with Crippen molar-refractivity contribution in [3.63, 3.8) is 0 Å². The topological polar surface area (TPSA) is 76.9 Å². The lowest BCUT2D eigenvalue weighted by atomic mass is 9.76. The van der Waals surface area contributed by atoms with Gasteiger partial charge in [0.15, 0.2) is 0 Å². The second kappa shape index (κ2) is 6.17. The summed E-state index contributed by atoms with van der Waals surface area (Å²) >= 11 is 0. The van der Waals surface area contributed by atoms with Crippen molar-refractivity contribution in [1.82, 2.24) is 19.4 Å². The van der Waals surface area contributed by atoms with Gasteiger partial charge in [0.1, 0.15) is 5.60 Å². The third-order valence-corrected chi connectivity index (χ3v) is 6.32. The fraction of sp³-hybridized carbons (Fsp3) is 0.632. The SMILES string of the molecule is COCCN1C[C@@]23C=C[C@@H](O2)C(C(=O)N2CCCn4cncc4C2)C3C1=O. The van der Waals surface area contributed by atoms with Gasteiger partial charge in [-0.25, -0.2) is 4.98 Å². The summed E-state index contributed by atoms with van der Waals surface area (Å²) in [7, 11) is 1.62. The van der Waals surface area contributed by atoms with Crippen LogP contribution in [0.2, 0.25) is 0 Å². The molecule has 1 aromatic rings. The first kappa shape index (κ1) is 16.9. The number of carbonyl (C=O) groups is 2. The highest BCUT2D eigenvalue weighted by Gasteiger charge is 2.67. The second-order valence-electron chi connectivity index (χ2n) is 7.84. The van der Waals surface area contributed by atoms with Crippen molar-refractivity contribution in [3.05, 3.63) is 30.4 Å². The third kappa shape index (κ3) is 2.46. The Morgan fingerprint density at radius 3 is 3.19 bits per heavy atom. The van der Waals surface area contributed by atoms with E-state index in [2.05, 4.69) is 9.55 Å². The Balaban J connectivity index is 1.40. The minimum absolute atomic E-state index is 0.0112. The van der Waals surface area contributed by atoms with Crippen LogP contribution >= 0.6 is 0 Å². The predicted octanol–water partition coefficient (Wildman–Crippen LogP) is 0.0438. The molecule has 8 nitrogen and oxygen atoms in total. The summed E-state index contributed by atoms with van der Waals surface area (Å²) in [5.41, 5.74) is 0.387. The van der Waals surface area contributed by atoms with Gasteiger partial charge in [0.25, 0.3) is 0 Å². The molecule has 0 radical (unpaired) electrons. The van der Waals surface area contributed by atoms with Gasteiger partial charge in [-0.05, 0) is 6.42 Å². The van der Waals surface area contributed by atoms with Crippen molar-refractivity contribution in [2.45, 2.75) is 31.2 Å². The fourth-order valence-electron chi connectivity index (χ4n) is 5.04. The lowest BCUT2D eigenvalue weighted by Gasteiger charge is -2.29. The molecule has 2 saturated heterocycles. The molecule has 0 N–H and O–H groups in total. The Hall–Kier alpha value is -2.19. The van der Waals surface area contributed by atoms with Crippen LogP contribution in [0.5, 0.6) is 0 Å². The monoisotopic (exact) mass is 372 g/mol. The first-order chi connectivity index (χ1) is 13.1. The van der Waals surface area contributed by atoms with E-state index in [0.29, 0.717) is 32.8 Å². The molecule has 144 valence electrons. The number of aryl methyl sites for hydroxylation is 1. The molecule has 5 rings (SSSR count). The molecule has 1 aromatic heterocycles. The summed E-state index contributed by atoms with van der Waals surface area (Å²) in [6.07, 6.45) is 8.17. The summed E-state index contributed by atoms with van der Waals surface area (Å²) in [6.45, 7) is 3.60. The van der Waals surface area contributed by atoms with E-state index in [9.17, 15) is 9.59 Å². The van der Waals surface area contributed by atoms with Gasteiger partial charge in [0, 0.05) is 32.9 Å². The molecule has 27 heavy (non-hydrogen) atoms. The average Bonchev–Trinajstić information content (AvgIpc) is 3.38. The molecule has 2 unspecified atom stereocenters. The second-order valence-corrected chi connectivity index (χ2v) is 7.84. The Bertz CT molecular complexity index is 805. The summed E-state index contributed by atoms with van der Waals surface area (Å²) in [6, 6.07) is 0. The Morgan fingerprint density at radius 1 is 1.44 bits per heavy atom. The largest absolute Gasteiger partial charge is 0.383 e. The number of hydrogen-bond donors (Lipinski definition) is 0. The number of ether oxygens (including phenoxy) is 2.